The van der Waals surface area contributed by atoms with Gasteiger partial charge in [0.25, 0.3) is 0 Å². The van der Waals surface area contributed by atoms with Gasteiger partial charge in [0.05, 0.1) is 12.1 Å². The molecule has 0 saturated heterocycles. The normalized spacial score (nSPS) is 11.2. The van der Waals surface area contributed by atoms with Gasteiger partial charge in [0.15, 0.2) is 0 Å². The van der Waals surface area contributed by atoms with Crippen molar-refractivity contribution in [3.05, 3.63) is 29.6 Å². The van der Waals surface area contributed by atoms with Gasteiger partial charge in [-0.15, -0.1) is 0 Å². The molecule has 0 saturated carbocycles. The van der Waals surface area contributed by atoms with Crippen LogP contribution in [0.4, 0.5) is 4.79 Å². The summed E-state index contributed by atoms with van der Waals surface area (Å²) in [5.74, 6) is 0. The first-order valence-corrected chi connectivity index (χ1v) is 6.40. The van der Waals surface area contributed by atoms with Crippen LogP contribution in [0.3, 0.4) is 0 Å². The SMILES string of the molecule is Cc1cnccc1CCNC(=O)N(C)CC(C)(C)O. The molecule has 106 valence electrons. The highest BCUT2D eigenvalue weighted by Crippen LogP contribution is 2.05. The molecule has 19 heavy (non-hydrogen) atoms. The summed E-state index contributed by atoms with van der Waals surface area (Å²) in [7, 11) is 1.67. The molecule has 0 unspecified atom stereocenters. The molecule has 1 rings (SSSR count). The molecule has 0 aliphatic carbocycles. The molecule has 0 fully saturated rings. The summed E-state index contributed by atoms with van der Waals surface area (Å²) in [5, 5.41) is 12.5. The molecule has 0 aliphatic heterocycles. The van der Waals surface area contributed by atoms with Crippen molar-refractivity contribution >= 4 is 6.03 Å². The fraction of sp³-hybridized carbons (Fsp3) is 0.571. The number of aromatic nitrogens is 1. The molecule has 0 radical (unpaired) electrons. The predicted molar refractivity (Wildman–Crippen MR) is 75.0 cm³/mol. The first-order chi connectivity index (χ1) is 8.79. The average molecular weight is 265 g/mol. The van der Waals surface area contributed by atoms with E-state index in [0.717, 1.165) is 12.0 Å². The third-order valence-electron chi connectivity index (χ3n) is 2.78. The van der Waals surface area contributed by atoms with Gasteiger partial charge >= 0.3 is 6.03 Å². The molecule has 5 heteroatoms. The highest BCUT2D eigenvalue weighted by Gasteiger charge is 2.18. The number of hydrogen-bond donors (Lipinski definition) is 2. The second kappa shape index (κ2) is 6.52. The Balaban J connectivity index is 2.37. The lowest BCUT2D eigenvalue weighted by Crippen LogP contribution is -2.45. The highest BCUT2D eigenvalue weighted by molar-refractivity contribution is 5.73. The fourth-order valence-electron chi connectivity index (χ4n) is 1.87. The zero-order chi connectivity index (χ0) is 14.5. The molecular weight excluding hydrogens is 242 g/mol. The molecule has 0 aromatic carbocycles. The second-order valence-electron chi connectivity index (χ2n) is 5.45. The topological polar surface area (TPSA) is 65.5 Å². The summed E-state index contributed by atoms with van der Waals surface area (Å²) in [6, 6.07) is 1.79. The largest absolute Gasteiger partial charge is 0.389 e. The number of nitrogens with zero attached hydrogens (tertiary/aromatic N) is 2. The monoisotopic (exact) mass is 265 g/mol. The minimum Gasteiger partial charge on any atom is -0.389 e. The number of carbonyl (C=O) groups is 1. The van der Waals surface area contributed by atoms with E-state index in [1.807, 2.05) is 19.2 Å². The smallest absolute Gasteiger partial charge is 0.317 e. The van der Waals surface area contributed by atoms with Crippen LogP contribution in [-0.2, 0) is 6.42 Å². The number of amides is 2. The van der Waals surface area contributed by atoms with Crippen LogP contribution >= 0.6 is 0 Å². The Morgan fingerprint density at radius 3 is 2.79 bits per heavy atom. The molecule has 5 nitrogen and oxygen atoms in total. The van der Waals surface area contributed by atoms with Crippen molar-refractivity contribution in [3.63, 3.8) is 0 Å². The lowest BCUT2D eigenvalue weighted by Gasteiger charge is -2.25. The van der Waals surface area contributed by atoms with Crippen LogP contribution in [0.25, 0.3) is 0 Å². The van der Waals surface area contributed by atoms with Crippen LogP contribution in [-0.4, -0.2) is 46.8 Å². The molecule has 1 aromatic rings. The Hall–Kier alpha value is -1.62. The van der Waals surface area contributed by atoms with E-state index in [0.29, 0.717) is 13.1 Å². The lowest BCUT2D eigenvalue weighted by atomic mass is 10.1. The van der Waals surface area contributed by atoms with Gasteiger partial charge < -0.3 is 15.3 Å². The number of hydrogen-bond acceptors (Lipinski definition) is 3. The maximum Gasteiger partial charge on any atom is 0.317 e. The molecule has 2 amide bonds. The molecule has 0 atom stereocenters. The number of rotatable bonds is 5. The molecule has 0 spiro atoms. The summed E-state index contributed by atoms with van der Waals surface area (Å²) >= 11 is 0. The predicted octanol–water partition coefficient (Wildman–Crippen LogP) is 1.34. The number of aliphatic hydroxyl groups is 1. The first-order valence-electron chi connectivity index (χ1n) is 6.40. The van der Waals surface area contributed by atoms with Gasteiger partial charge in [0, 0.05) is 26.0 Å². The van der Waals surface area contributed by atoms with Gasteiger partial charge in [-0.2, -0.15) is 0 Å². The second-order valence-corrected chi connectivity index (χ2v) is 5.45. The van der Waals surface area contributed by atoms with Gasteiger partial charge in [0.1, 0.15) is 0 Å². The Morgan fingerprint density at radius 1 is 1.53 bits per heavy atom. The molecule has 0 bridgehead atoms. The third kappa shape index (κ3) is 5.70. The Morgan fingerprint density at radius 2 is 2.21 bits per heavy atom. The molecule has 1 aromatic heterocycles. The van der Waals surface area contributed by atoms with Crippen LogP contribution in [0, 0.1) is 6.92 Å². The standard InChI is InChI=1S/C14H23N3O2/c1-11-9-15-7-5-12(11)6-8-16-13(18)17(4)10-14(2,3)19/h5,7,9,19H,6,8,10H2,1-4H3,(H,16,18). The van der Waals surface area contributed by atoms with E-state index in [4.69, 9.17) is 0 Å². The number of aryl methyl sites for hydroxylation is 1. The number of nitrogens with one attached hydrogen (secondary N) is 1. The van der Waals surface area contributed by atoms with Gasteiger partial charge in [-0.3, -0.25) is 4.98 Å². The van der Waals surface area contributed by atoms with E-state index < -0.39 is 5.60 Å². The summed E-state index contributed by atoms with van der Waals surface area (Å²) in [4.78, 5) is 17.3. The number of likely N-dealkylation sites (N-methyl/N-ethyl adjacent to an activating group) is 1. The Kier molecular flexibility index (Phi) is 5.30. The van der Waals surface area contributed by atoms with Crippen molar-refractivity contribution in [1.29, 1.82) is 0 Å². The molecule has 1 heterocycles. The van der Waals surface area contributed by atoms with Crippen LogP contribution in [0.2, 0.25) is 0 Å². The van der Waals surface area contributed by atoms with Gasteiger partial charge in [-0.25, -0.2) is 4.79 Å². The van der Waals surface area contributed by atoms with Crippen LogP contribution < -0.4 is 5.32 Å². The number of pyridine rings is 1. The number of carbonyl (C=O) groups excluding carboxylic acids is 1. The summed E-state index contributed by atoms with van der Waals surface area (Å²) in [6.45, 7) is 6.23. The van der Waals surface area contributed by atoms with Crippen LogP contribution in [0.15, 0.2) is 18.5 Å². The molecule has 0 aliphatic rings. The highest BCUT2D eigenvalue weighted by atomic mass is 16.3. The van der Waals surface area contributed by atoms with E-state index in [9.17, 15) is 9.90 Å². The molecular formula is C14H23N3O2. The first kappa shape index (κ1) is 15.4. The van der Waals surface area contributed by atoms with Crippen molar-refractivity contribution < 1.29 is 9.90 Å². The maximum absolute atomic E-state index is 11.8. The molecule has 2 N–H and O–H groups in total. The van der Waals surface area contributed by atoms with E-state index in [-0.39, 0.29) is 6.03 Å². The minimum absolute atomic E-state index is 0.172. The van der Waals surface area contributed by atoms with Crippen molar-refractivity contribution in [2.24, 2.45) is 0 Å². The van der Waals surface area contributed by atoms with E-state index in [1.54, 1.807) is 27.1 Å². The zero-order valence-corrected chi connectivity index (χ0v) is 12.1. The van der Waals surface area contributed by atoms with Crippen molar-refractivity contribution in [1.82, 2.24) is 15.2 Å². The lowest BCUT2D eigenvalue weighted by molar-refractivity contribution is 0.0532. The van der Waals surface area contributed by atoms with Crippen molar-refractivity contribution in [3.8, 4) is 0 Å². The minimum atomic E-state index is -0.881. The van der Waals surface area contributed by atoms with E-state index >= 15 is 0 Å². The van der Waals surface area contributed by atoms with E-state index in [1.165, 1.54) is 10.5 Å². The van der Waals surface area contributed by atoms with Gasteiger partial charge in [0.2, 0.25) is 0 Å². The summed E-state index contributed by atoms with van der Waals surface area (Å²) in [6.07, 6.45) is 4.35. The third-order valence-corrected chi connectivity index (χ3v) is 2.78. The van der Waals surface area contributed by atoms with Gasteiger partial charge in [-0.05, 0) is 44.4 Å². The van der Waals surface area contributed by atoms with E-state index in [2.05, 4.69) is 10.3 Å². The Bertz CT molecular complexity index is 427. The van der Waals surface area contributed by atoms with Crippen molar-refractivity contribution in [2.75, 3.05) is 20.1 Å². The van der Waals surface area contributed by atoms with Crippen LogP contribution in [0.1, 0.15) is 25.0 Å². The van der Waals surface area contributed by atoms with Crippen LogP contribution in [0.5, 0.6) is 0 Å². The summed E-state index contributed by atoms with van der Waals surface area (Å²) in [5.41, 5.74) is 1.43. The summed E-state index contributed by atoms with van der Waals surface area (Å²) < 4.78 is 0. The Labute approximate surface area is 114 Å². The van der Waals surface area contributed by atoms with Crippen molar-refractivity contribution in [2.45, 2.75) is 32.8 Å². The average Bonchev–Trinajstić information content (AvgIpc) is 2.29. The number of urea groups is 1. The quantitative estimate of drug-likeness (QED) is 0.844. The maximum atomic E-state index is 11.8. The van der Waals surface area contributed by atoms with Gasteiger partial charge in [-0.1, -0.05) is 0 Å². The zero-order valence-electron chi connectivity index (χ0n) is 12.1. The fourth-order valence-corrected chi connectivity index (χ4v) is 1.87.